The molecule has 0 saturated carbocycles. The normalized spacial score (nSPS) is 11.0. The molecule has 0 amide bonds. The van der Waals surface area contributed by atoms with Gasteiger partial charge in [0.1, 0.15) is 5.82 Å². The number of anilines is 1. The fraction of sp³-hybridized carbons (Fsp3) is 0.545. The molecular weight excluding hydrogens is 254 g/mol. The molecule has 0 bridgehead atoms. The van der Waals surface area contributed by atoms with Crippen molar-refractivity contribution in [3.63, 3.8) is 0 Å². The Labute approximate surface area is 110 Å². The zero-order valence-electron chi connectivity index (χ0n) is 10.2. The molecule has 0 fully saturated rings. The first-order valence-electron chi connectivity index (χ1n) is 5.99. The van der Waals surface area contributed by atoms with Crippen LogP contribution in [0.1, 0.15) is 19.8 Å². The summed E-state index contributed by atoms with van der Waals surface area (Å²) in [5.74, 6) is 0.679. The van der Waals surface area contributed by atoms with Crippen molar-refractivity contribution >= 4 is 28.5 Å². The third-order valence-corrected chi connectivity index (χ3v) is 2.63. The van der Waals surface area contributed by atoms with E-state index in [1.165, 1.54) is 0 Å². The van der Waals surface area contributed by atoms with Crippen LogP contribution in [0, 0.1) is 0 Å². The lowest BCUT2D eigenvalue weighted by atomic mass is 10.4. The first-order valence-corrected chi connectivity index (χ1v) is 6.37. The molecule has 0 atom stereocenters. The Kier molecular flexibility index (Phi) is 4.72. The van der Waals surface area contributed by atoms with Crippen molar-refractivity contribution in [2.24, 2.45) is 0 Å². The summed E-state index contributed by atoms with van der Waals surface area (Å²) in [6.45, 7) is 4.25. The number of ether oxygens (including phenoxy) is 1. The summed E-state index contributed by atoms with van der Waals surface area (Å²) in [7, 11) is 0. The standard InChI is InChI=1S/C11H16ClN5O/c1-2-3-5-18-6-4-13-9-8-7-14-17-10(8)16-11(12)15-9/h7H,2-6H2,1H3,(H2,13,14,15,16,17). The highest BCUT2D eigenvalue weighted by atomic mass is 35.5. The highest BCUT2D eigenvalue weighted by Crippen LogP contribution is 2.19. The van der Waals surface area contributed by atoms with Crippen LogP contribution >= 0.6 is 11.6 Å². The second kappa shape index (κ2) is 6.51. The van der Waals surface area contributed by atoms with Crippen LogP contribution in [-0.2, 0) is 4.74 Å². The Hall–Kier alpha value is -1.40. The molecule has 0 saturated heterocycles. The van der Waals surface area contributed by atoms with Crippen molar-refractivity contribution in [3.8, 4) is 0 Å². The molecule has 2 rings (SSSR count). The number of rotatable bonds is 7. The van der Waals surface area contributed by atoms with E-state index in [4.69, 9.17) is 16.3 Å². The maximum Gasteiger partial charge on any atom is 0.226 e. The minimum absolute atomic E-state index is 0.196. The Morgan fingerprint density at radius 3 is 3.11 bits per heavy atom. The third kappa shape index (κ3) is 3.30. The van der Waals surface area contributed by atoms with Crippen molar-refractivity contribution in [2.75, 3.05) is 25.1 Å². The molecule has 2 heterocycles. The van der Waals surface area contributed by atoms with Gasteiger partial charge in [-0.15, -0.1) is 0 Å². The molecule has 0 spiro atoms. The number of aromatic amines is 1. The number of halogens is 1. The fourth-order valence-corrected chi connectivity index (χ4v) is 1.70. The largest absolute Gasteiger partial charge is 0.380 e. The van der Waals surface area contributed by atoms with Gasteiger partial charge in [-0.05, 0) is 18.0 Å². The summed E-state index contributed by atoms with van der Waals surface area (Å²) >= 11 is 5.82. The average molecular weight is 270 g/mol. The van der Waals surface area contributed by atoms with Gasteiger partial charge in [-0.2, -0.15) is 15.1 Å². The zero-order valence-corrected chi connectivity index (χ0v) is 11.0. The summed E-state index contributed by atoms with van der Waals surface area (Å²) in [5.41, 5.74) is 0.629. The van der Waals surface area contributed by atoms with E-state index in [1.54, 1.807) is 6.20 Å². The molecule has 18 heavy (non-hydrogen) atoms. The van der Waals surface area contributed by atoms with Gasteiger partial charge in [-0.1, -0.05) is 13.3 Å². The topological polar surface area (TPSA) is 75.7 Å². The molecule has 2 N–H and O–H groups in total. The van der Waals surface area contributed by atoms with Crippen molar-refractivity contribution in [3.05, 3.63) is 11.5 Å². The van der Waals surface area contributed by atoms with Crippen LogP contribution in [0.4, 0.5) is 5.82 Å². The summed E-state index contributed by atoms with van der Waals surface area (Å²) in [4.78, 5) is 8.17. The maximum atomic E-state index is 5.82. The minimum atomic E-state index is 0.196. The summed E-state index contributed by atoms with van der Waals surface area (Å²) in [5, 5.41) is 10.9. The van der Waals surface area contributed by atoms with E-state index < -0.39 is 0 Å². The molecule has 0 aliphatic heterocycles. The van der Waals surface area contributed by atoms with Gasteiger partial charge in [0.25, 0.3) is 0 Å². The van der Waals surface area contributed by atoms with E-state index in [9.17, 15) is 0 Å². The van der Waals surface area contributed by atoms with Crippen LogP contribution < -0.4 is 5.32 Å². The molecule has 6 nitrogen and oxygen atoms in total. The van der Waals surface area contributed by atoms with Gasteiger partial charge in [0.05, 0.1) is 18.2 Å². The van der Waals surface area contributed by atoms with Crippen LogP contribution in [-0.4, -0.2) is 39.9 Å². The first kappa shape index (κ1) is 13.0. The number of hydrogen-bond acceptors (Lipinski definition) is 5. The lowest BCUT2D eigenvalue weighted by molar-refractivity contribution is 0.141. The number of unbranched alkanes of at least 4 members (excludes halogenated alkanes) is 1. The molecule has 98 valence electrons. The lowest BCUT2D eigenvalue weighted by Crippen LogP contribution is -2.11. The summed E-state index contributed by atoms with van der Waals surface area (Å²) in [6.07, 6.45) is 3.90. The second-order valence-electron chi connectivity index (χ2n) is 3.87. The number of hydrogen-bond donors (Lipinski definition) is 2. The van der Waals surface area contributed by atoms with E-state index in [2.05, 4.69) is 32.4 Å². The number of fused-ring (bicyclic) bond motifs is 1. The molecule has 0 unspecified atom stereocenters. The van der Waals surface area contributed by atoms with Crippen molar-refractivity contribution in [1.82, 2.24) is 20.2 Å². The lowest BCUT2D eigenvalue weighted by Gasteiger charge is -2.07. The fourth-order valence-electron chi connectivity index (χ4n) is 1.53. The van der Waals surface area contributed by atoms with Gasteiger partial charge in [0.15, 0.2) is 5.65 Å². The number of aromatic nitrogens is 4. The quantitative estimate of drug-likeness (QED) is 0.595. The van der Waals surface area contributed by atoms with Crippen LogP contribution in [0.2, 0.25) is 5.28 Å². The monoisotopic (exact) mass is 269 g/mol. The van der Waals surface area contributed by atoms with Gasteiger partial charge in [0.2, 0.25) is 5.28 Å². The predicted molar refractivity (Wildman–Crippen MR) is 70.9 cm³/mol. The smallest absolute Gasteiger partial charge is 0.226 e. The summed E-state index contributed by atoms with van der Waals surface area (Å²) in [6, 6.07) is 0. The van der Waals surface area contributed by atoms with E-state index in [0.717, 1.165) is 24.8 Å². The Balaban J connectivity index is 1.89. The Bertz CT molecular complexity index is 501. The predicted octanol–water partition coefficient (Wildman–Crippen LogP) is 2.23. The minimum Gasteiger partial charge on any atom is -0.380 e. The molecule has 0 aliphatic rings. The van der Waals surface area contributed by atoms with Crippen molar-refractivity contribution in [1.29, 1.82) is 0 Å². The van der Waals surface area contributed by atoms with Gasteiger partial charge >= 0.3 is 0 Å². The van der Waals surface area contributed by atoms with Crippen molar-refractivity contribution < 1.29 is 4.74 Å². The number of nitrogens with one attached hydrogen (secondary N) is 2. The van der Waals surface area contributed by atoms with E-state index in [0.29, 0.717) is 24.6 Å². The molecular formula is C11H16ClN5O. The SMILES string of the molecule is CCCCOCCNc1nc(Cl)nc2[nH]ncc12. The van der Waals surface area contributed by atoms with E-state index in [1.807, 2.05) is 0 Å². The van der Waals surface area contributed by atoms with Crippen molar-refractivity contribution in [2.45, 2.75) is 19.8 Å². The summed E-state index contributed by atoms with van der Waals surface area (Å²) < 4.78 is 5.46. The third-order valence-electron chi connectivity index (χ3n) is 2.46. The van der Waals surface area contributed by atoms with Gasteiger partial charge in [-0.25, -0.2) is 0 Å². The Morgan fingerprint density at radius 2 is 2.28 bits per heavy atom. The van der Waals surface area contributed by atoms with E-state index >= 15 is 0 Å². The Morgan fingerprint density at radius 1 is 1.39 bits per heavy atom. The maximum absolute atomic E-state index is 5.82. The van der Waals surface area contributed by atoms with E-state index in [-0.39, 0.29) is 5.28 Å². The molecule has 2 aromatic rings. The van der Waals surface area contributed by atoms with Gasteiger partial charge in [0, 0.05) is 13.2 Å². The second-order valence-corrected chi connectivity index (χ2v) is 4.20. The molecule has 2 aromatic heterocycles. The number of H-pyrrole nitrogens is 1. The van der Waals surface area contributed by atoms with Crippen LogP contribution in [0.25, 0.3) is 11.0 Å². The first-order chi connectivity index (χ1) is 8.81. The van der Waals surface area contributed by atoms with Crippen LogP contribution in [0.5, 0.6) is 0 Å². The molecule has 0 radical (unpaired) electrons. The highest BCUT2D eigenvalue weighted by molar-refractivity contribution is 6.28. The van der Waals surface area contributed by atoms with Gasteiger partial charge in [-0.3, -0.25) is 5.10 Å². The average Bonchev–Trinajstić information content (AvgIpc) is 2.81. The highest BCUT2D eigenvalue weighted by Gasteiger charge is 2.07. The number of nitrogens with zero attached hydrogens (tertiary/aromatic N) is 3. The molecule has 7 heteroatoms. The molecule has 0 aliphatic carbocycles. The molecule has 0 aromatic carbocycles. The van der Waals surface area contributed by atoms with Crippen LogP contribution in [0.3, 0.4) is 0 Å². The van der Waals surface area contributed by atoms with Crippen LogP contribution in [0.15, 0.2) is 6.20 Å². The zero-order chi connectivity index (χ0) is 12.8. The van der Waals surface area contributed by atoms with Gasteiger partial charge < -0.3 is 10.1 Å².